The topological polar surface area (TPSA) is 43.8 Å². The number of β-amino-alcohol motifs (C(OH)–C–C–N with tert-alkyl or cyclic N) is 1. The quantitative estimate of drug-likeness (QED) is 0.861. The minimum Gasteiger partial charge on any atom is -0.387 e. The van der Waals surface area contributed by atoms with Gasteiger partial charge in [0.15, 0.2) is 0 Å². The number of benzene rings is 1. The Kier molecular flexibility index (Phi) is 6.11. The van der Waals surface area contributed by atoms with Gasteiger partial charge in [0.2, 0.25) is 5.91 Å². The van der Waals surface area contributed by atoms with Gasteiger partial charge in [-0.05, 0) is 56.0 Å². The number of aryl methyl sites for hydroxylation is 1. The van der Waals surface area contributed by atoms with Crippen molar-refractivity contribution in [3.05, 3.63) is 29.3 Å². The average Bonchev–Trinajstić information content (AvgIpc) is 2.66. The van der Waals surface area contributed by atoms with Crippen LogP contribution >= 0.6 is 0 Å². The van der Waals surface area contributed by atoms with Gasteiger partial charge in [-0.1, -0.05) is 19.1 Å². The number of halogens is 3. The van der Waals surface area contributed by atoms with E-state index in [2.05, 4.69) is 0 Å². The minimum atomic E-state index is -4.12. The van der Waals surface area contributed by atoms with Gasteiger partial charge in [0.1, 0.15) is 0 Å². The van der Waals surface area contributed by atoms with E-state index < -0.39 is 18.2 Å². The van der Waals surface area contributed by atoms with E-state index in [1.54, 1.807) is 4.90 Å². The van der Waals surface area contributed by atoms with E-state index in [9.17, 15) is 23.1 Å². The van der Waals surface area contributed by atoms with Crippen LogP contribution in [0.4, 0.5) is 18.9 Å². The lowest BCUT2D eigenvalue weighted by Gasteiger charge is -2.34. The Morgan fingerprint density at radius 2 is 1.96 bits per heavy atom. The van der Waals surface area contributed by atoms with Crippen molar-refractivity contribution in [2.45, 2.75) is 51.3 Å². The summed E-state index contributed by atoms with van der Waals surface area (Å²) >= 11 is 0. The van der Waals surface area contributed by atoms with Gasteiger partial charge in [0, 0.05) is 25.2 Å². The summed E-state index contributed by atoms with van der Waals surface area (Å²) in [5.74, 6) is -1.13. The first-order valence-corrected chi connectivity index (χ1v) is 9.70. The van der Waals surface area contributed by atoms with E-state index in [-0.39, 0.29) is 18.7 Å². The molecule has 150 valence electrons. The molecule has 2 aliphatic heterocycles. The fraction of sp³-hybridized carbons (Fsp3) is 0.650. The van der Waals surface area contributed by atoms with Crippen LogP contribution in [0.3, 0.4) is 0 Å². The van der Waals surface area contributed by atoms with E-state index in [4.69, 9.17) is 0 Å². The predicted molar refractivity (Wildman–Crippen MR) is 97.6 cm³/mol. The molecule has 0 aromatic heterocycles. The maximum absolute atomic E-state index is 12.8. The molecule has 3 rings (SSSR count). The third-order valence-corrected chi connectivity index (χ3v) is 5.69. The molecule has 7 heteroatoms. The molecular weight excluding hydrogens is 357 g/mol. The van der Waals surface area contributed by atoms with Crippen molar-refractivity contribution in [1.82, 2.24) is 4.90 Å². The van der Waals surface area contributed by atoms with Crippen LogP contribution in [0.25, 0.3) is 0 Å². The second-order valence-electron chi connectivity index (χ2n) is 7.52. The van der Waals surface area contributed by atoms with Crippen molar-refractivity contribution in [2.24, 2.45) is 5.92 Å². The summed E-state index contributed by atoms with van der Waals surface area (Å²) in [5.41, 5.74) is 2.72. The lowest BCUT2D eigenvalue weighted by atomic mass is 9.94. The molecule has 0 radical (unpaired) electrons. The number of hydrogen-bond donors (Lipinski definition) is 1. The number of hydrogen-bond acceptors (Lipinski definition) is 3. The van der Waals surface area contributed by atoms with Gasteiger partial charge in [-0.3, -0.25) is 4.79 Å². The number of piperidine rings is 1. The Bertz CT molecular complexity index is 670. The van der Waals surface area contributed by atoms with Crippen LogP contribution in [0.2, 0.25) is 0 Å². The SMILES string of the molecule is CCC(=O)N1CCCc2cc([C@@H](O)CN3CCC(C(F)(F)F)CC3)ccc21. The summed E-state index contributed by atoms with van der Waals surface area (Å²) in [6, 6.07) is 5.65. The number of nitrogens with zero attached hydrogens (tertiary/aromatic N) is 2. The van der Waals surface area contributed by atoms with E-state index >= 15 is 0 Å². The second-order valence-corrected chi connectivity index (χ2v) is 7.52. The van der Waals surface area contributed by atoms with Gasteiger partial charge in [-0.2, -0.15) is 13.2 Å². The van der Waals surface area contributed by atoms with Gasteiger partial charge < -0.3 is 14.9 Å². The predicted octanol–water partition coefficient (Wildman–Crippen LogP) is 3.68. The number of anilines is 1. The Morgan fingerprint density at radius 1 is 1.26 bits per heavy atom. The summed E-state index contributed by atoms with van der Waals surface area (Å²) in [6.07, 6.45) is -2.47. The summed E-state index contributed by atoms with van der Waals surface area (Å²) in [6.45, 7) is 3.60. The first-order chi connectivity index (χ1) is 12.8. The monoisotopic (exact) mass is 384 g/mol. The van der Waals surface area contributed by atoms with Gasteiger partial charge >= 0.3 is 6.18 Å². The first-order valence-electron chi connectivity index (χ1n) is 9.70. The molecule has 1 aromatic rings. The highest BCUT2D eigenvalue weighted by Gasteiger charge is 2.41. The maximum atomic E-state index is 12.8. The molecule has 1 atom stereocenters. The Morgan fingerprint density at radius 3 is 2.59 bits per heavy atom. The van der Waals surface area contributed by atoms with Crippen LogP contribution in [-0.2, 0) is 11.2 Å². The van der Waals surface area contributed by atoms with Crippen LogP contribution in [0.5, 0.6) is 0 Å². The lowest BCUT2D eigenvalue weighted by molar-refractivity contribution is -0.185. The number of carbonyl (C=O) groups is 1. The number of amides is 1. The van der Waals surface area contributed by atoms with Gasteiger partial charge in [-0.25, -0.2) is 0 Å². The summed E-state index contributed by atoms with van der Waals surface area (Å²) in [7, 11) is 0. The number of aliphatic hydroxyl groups is 1. The molecule has 1 amide bonds. The smallest absolute Gasteiger partial charge is 0.387 e. The van der Waals surface area contributed by atoms with Crippen molar-refractivity contribution in [3.63, 3.8) is 0 Å². The highest BCUT2D eigenvalue weighted by molar-refractivity contribution is 5.94. The fourth-order valence-corrected chi connectivity index (χ4v) is 4.07. The van der Waals surface area contributed by atoms with Crippen molar-refractivity contribution in [2.75, 3.05) is 31.1 Å². The molecule has 1 N–H and O–H groups in total. The number of carbonyl (C=O) groups excluding carboxylic acids is 1. The molecule has 0 aliphatic carbocycles. The minimum absolute atomic E-state index is 0.0918. The molecule has 4 nitrogen and oxygen atoms in total. The average molecular weight is 384 g/mol. The number of aliphatic hydroxyl groups excluding tert-OH is 1. The van der Waals surface area contributed by atoms with Gasteiger partial charge in [0.05, 0.1) is 12.0 Å². The molecule has 27 heavy (non-hydrogen) atoms. The number of rotatable bonds is 4. The highest BCUT2D eigenvalue weighted by Crippen LogP contribution is 2.35. The Balaban J connectivity index is 1.63. The normalized spacial score (nSPS) is 20.4. The molecule has 0 saturated carbocycles. The van der Waals surface area contributed by atoms with Crippen LogP contribution in [0.1, 0.15) is 49.8 Å². The molecule has 2 aliphatic rings. The molecule has 1 fully saturated rings. The van der Waals surface area contributed by atoms with E-state index in [0.29, 0.717) is 26.1 Å². The summed E-state index contributed by atoms with van der Waals surface area (Å²) in [5, 5.41) is 10.6. The van der Waals surface area contributed by atoms with Crippen molar-refractivity contribution in [1.29, 1.82) is 0 Å². The number of alkyl halides is 3. The molecule has 1 aromatic carbocycles. The van der Waals surface area contributed by atoms with E-state index in [0.717, 1.165) is 36.2 Å². The molecular formula is C20H27F3N2O2. The first kappa shape index (κ1) is 20.1. The molecule has 1 saturated heterocycles. The Hall–Kier alpha value is -1.60. The van der Waals surface area contributed by atoms with Crippen LogP contribution in [-0.4, -0.2) is 48.3 Å². The summed E-state index contributed by atoms with van der Waals surface area (Å²) in [4.78, 5) is 15.8. The van der Waals surface area contributed by atoms with Crippen molar-refractivity contribution < 1.29 is 23.1 Å². The maximum Gasteiger partial charge on any atom is 0.391 e. The van der Waals surface area contributed by atoms with Crippen molar-refractivity contribution in [3.8, 4) is 0 Å². The fourth-order valence-electron chi connectivity index (χ4n) is 4.07. The van der Waals surface area contributed by atoms with E-state index in [1.165, 1.54) is 0 Å². The highest BCUT2D eigenvalue weighted by atomic mass is 19.4. The van der Waals surface area contributed by atoms with Crippen LogP contribution in [0.15, 0.2) is 18.2 Å². The largest absolute Gasteiger partial charge is 0.391 e. The van der Waals surface area contributed by atoms with Crippen LogP contribution < -0.4 is 4.90 Å². The summed E-state index contributed by atoms with van der Waals surface area (Å²) < 4.78 is 38.3. The third kappa shape index (κ3) is 4.63. The van der Waals surface area contributed by atoms with Gasteiger partial charge in [0.25, 0.3) is 0 Å². The third-order valence-electron chi connectivity index (χ3n) is 5.69. The molecule has 0 bridgehead atoms. The van der Waals surface area contributed by atoms with Gasteiger partial charge in [-0.15, -0.1) is 0 Å². The second kappa shape index (κ2) is 8.19. The van der Waals surface area contributed by atoms with Crippen molar-refractivity contribution >= 4 is 11.6 Å². The van der Waals surface area contributed by atoms with E-state index in [1.807, 2.05) is 30.0 Å². The number of likely N-dealkylation sites (tertiary alicyclic amines) is 1. The standard InChI is InChI=1S/C20H27F3N2O2/c1-2-19(27)25-9-3-4-14-12-15(5-6-17(14)25)18(26)13-24-10-7-16(8-11-24)20(21,22)23/h5-6,12,16,18,26H,2-4,7-11,13H2,1H3/t18-/m0/s1. The number of fused-ring (bicyclic) bond motifs is 1. The van der Waals surface area contributed by atoms with Crippen LogP contribution in [0, 0.1) is 5.92 Å². The molecule has 0 spiro atoms. The zero-order valence-electron chi connectivity index (χ0n) is 15.6. The zero-order valence-corrected chi connectivity index (χ0v) is 15.6. The Labute approximate surface area is 158 Å². The zero-order chi connectivity index (χ0) is 19.6. The lowest BCUT2D eigenvalue weighted by Crippen LogP contribution is -2.40. The molecule has 0 unspecified atom stereocenters. The molecule has 2 heterocycles.